The number of anilines is 2. The molecule has 0 saturated heterocycles. The van der Waals surface area contributed by atoms with Crippen LogP contribution in [-0.4, -0.2) is 34.1 Å². The van der Waals surface area contributed by atoms with Gasteiger partial charge in [-0.2, -0.15) is 0 Å². The number of fused-ring (bicyclic) bond motifs is 2. The van der Waals surface area contributed by atoms with Crippen LogP contribution in [0.4, 0.5) is 15.8 Å². The molecule has 5 rings (SSSR count). The Bertz CT molecular complexity index is 1220. The number of amides is 1. The first-order valence-corrected chi connectivity index (χ1v) is 13.8. The Labute approximate surface area is 238 Å². The first kappa shape index (κ1) is 30.6. The molecule has 2 fully saturated rings. The Balaban J connectivity index is 0.000000330. The van der Waals surface area contributed by atoms with Crippen LogP contribution in [0.2, 0.25) is 0 Å². The summed E-state index contributed by atoms with van der Waals surface area (Å²) >= 11 is 0. The number of halogens is 1. The van der Waals surface area contributed by atoms with Crippen molar-refractivity contribution in [3.63, 3.8) is 0 Å². The van der Waals surface area contributed by atoms with Crippen LogP contribution in [0.3, 0.4) is 0 Å². The topological polar surface area (TPSA) is 49.9 Å². The molecule has 0 heterocycles. The van der Waals surface area contributed by atoms with Gasteiger partial charge in [-0.1, -0.05) is 74.2 Å². The monoisotopic (exact) mass is 544 g/mol. The van der Waals surface area contributed by atoms with Crippen LogP contribution < -0.4 is 9.80 Å². The number of ether oxygens (including phenoxy) is 1. The summed E-state index contributed by atoms with van der Waals surface area (Å²) in [4.78, 5) is 24.2. The van der Waals surface area contributed by atoms with E-state index in [9.17, 15) is 9.18 Å². The van der Waals surface area contributed by atoms with E-state index in [2.05, 4.69) is 33.9 Å². The van der Waals surface area contributed by atoms with E-state index < -0.39 is 0 Å². The summed E-state index contributed by atoms with van der Waals surface area (Å²) in [5.41, 5.74) is 5.64. The van der Waals surface area contributed by atoms with E-state index in [1.807, 2.05) is 57.4 Å². The Morgan fingerprint density at radius 1 is 0.850 bits per heavy atom. The zero-order chi connectivity index (χ0) is 28.9. The molecule has 5 nitrogen and oxygen atoms in total. The molecule has 2 bridgehead atoms. The lowest BCUT2D eigenvalue weighted by Crippen LogP contribution is -2.20. The van der Waals surface area contributed by atoms with E-state index in [1.54, 1.807) is 38.2 Å². The van der Waals surface area contributed by atoms with Crippen LogP contribution in [0.1, 0.15) is 50.2 Å². The third kappa shape index (κ3) is 9.08. The molecule has 3 aromatic carbocycles. The number of methoxy groups -OCH3 is 1. The maximum absolute atomic E-state index is 13.9. The van der Waals surface area contributed by atoms with Crippen LogP contribution in [-0.2, 0) is 20.9 Å². The second kappa shape index (κ2) is 15.6. The van der Waals surface area contributed by atoms with Crippen molar-refractivity contribution < 1.29 is 18.7 Å². The zero-order valence-electron chi connectivity index (χ0n) is 24.1. The van der Waals surface area contributed by atoms with Crippen molar-refractivity contribution in [2.24, 2.45) is 11.8 Å². The molecule has 0 radical (unpaired) electrons. The van der Waals surface area contributed by atoms with Crippen LogP contribution in [0.25, 0.3) is 17.2 Å². The van der Waals surface area contributed by atoms with Crippen molar-refractivity contribution in [3.8, 4) is 11.1 Å². The summed E-state index contributed by atoms with van der Waals surface area (Å²) in [6.45, 7) is 2.62. The van der Waals surface area contributed by atoms with Crippen molar-refractivity contribution in [1.29, 1.82) is 0 Å². The third-order valence-electron chi connectivity index (χ3n) is 7.48. The lowest BCUT2D eigenvalue weighted by molar-refractivity contribution is -0.126. The molecule has 0 unspecified atom stereocenters. The fourth-order valence-electron chi connectivity index (χ4n) is 5.37. The van der Waals surface area contributed by atoms with Crippen molar-refractivity contribution >= 4 is 30.3 Å². The molecular weight excluding hydrogens is 503 g/mol. The normalized spacial score (nSPS) is 16.8. The maximum Gasteiger partial charge on any atom is 0.292 e. The van der Waals surface area contributed by atoms with Gasteiger partial charge in [-0.3, -0.25) is 9.59 Å². The molecule has 0 atom stereocenters. The van der Waals surface area contributed by atoms with Gasteiger partial charge < -0.3 is 14.5 Å². The van der Waals surface area contributed by atoms with Crippen molar-refractivity contribution in [1.82, 2.24) is 0 Å². The molecule has 40 heavy (non-hydrogen) atoms. The van der Waals surface area contributed by atoms with Gasteiger partial charge in [0.05, 0.1) is 13.7 Å². The largest absolute Gasteiger partial charge is 0.471 e. The van der Waals surface area contributed by atoms with Gasteiger partial charge in [0.2, 0.25) is 6.41 Å². The molecule has 2 aliphatic rings. The third-order valence-corrected chi connectivity index (χ3v) is 7.48. The molecular formula is C34H41FN2O3. The number of hydrogen-bond acceptors (Lipinski definition) is 4. The predicted molar refractivity (Wildman–Crippen MR) is 163 cm³/mol. The fourth-order valence-corrected chi connectivity index (χ4v) is 5.37. The lowest BCUT2D eigenvalue weighted by Gasteiger charge is -2.18. The smallest absolute Gasteiger partial charge is 0.292 e. The van der Waals surface area contributed by atoms with Crippen LogP contribution in [0, 0.1) is 17.7 Å². The zero-order valence-corrected chi connectivity index (χ0v) is 24.1. The summed E-state index contributed by atoms with van der Waals surface area (Å²) in [5, 5.41) is 0. The highest BCUT2D eigenvalue weighted by Gasteiger charge is 2.30. The first-order chi connectivity index (χ1) is 19.4. The van der Waals surface area contributed by atoms with Gasteiger partial charge >= 0.3 is 0 Å². The highest BCUT2D eigenvalue weighted by molar-refractivity contribution is 5.76. The number of carbonyl (C=O) groups is 2. The number of hydrogen-bond donors (Lipinski definition) is 0. The van der Waals surface area contributed by atoms with E-state index in [1.165, 1.54) is 36.0 Å². The Kier molecular flexibility index (Phi) is 11.9. The number of allylic oxidation sites excluding steroid dienone is 1. The number of rotatable bonds is 8. The number of nitrogens with zero attached hydrogens (tertiary/aromatic N) is 2. The van der Waals surface area contributed by atoms with Gasteiger partial charge in [0.1, 0.15) is 5.82 Å². The Morgan fingerprint density at radius 3 is 1.82 bits per heavy atom. The van der Waals surface area contributed by atoms with Gasteiger partial charge in [-0.05, 0) is 77.8 Å². The van der Waals surface area contributed by atoms with Gasteiger partial charge in [-0.25, -0.2) is 4.39 Å². The second-order valence-electron chi connectivity index (χ2n) is 10.6. The lowest BCUT2D eigenvalue weighted by atomic mass is 10.0. The molecule has 2 aliphatic carbocycles. The summed E-state index contributed by atoms with van der Waals surface area (Å²) < 4.78 is 17.8. The quantitative estimate of drug-likeness (QED) is 0.272. The van der Waals surface area contributed by atoms with Crippen molar-refractivity contribution in [3.05, 3.63) is 89.8 Å². The van der Waals surface area contributed by atoms with Gasteiger partial charge in [0, 0.05) is 25.5 Å². The van der Waals surface area contributed by atoms with E-state index >= 15 is 0 Å². The Hall–Kier alpha value is -3.93. The number of carbonyl (C=O) groups excluding carboxylic acids is 2. The van der Waals surface area contributed by atoms with Crippen LogP contribution in [0.5, 0.6) is 0 Å². The average molecular weight is 545 g/mol. The van der Waals surface area contributed by atoms with Gasteiger partial charge in [0.25, 0.3) is 6.47 Å². The van der Waals surface area contributed by atoms with Crippen molar-refractivity contribution in [2.75, 3.05) is 31.0 Å². The summed E-state index contributed by atoms with van der Waals surface area (Å²) in [7, 11) is 5.35. The van der Waals surface area contributed by atoms with Crippen molar-refractivity contribution in [2.45, 2.75) is 45.6 Å². The molecule has 6 heteroatoms. The van der Waals surface area contributed by atoms with E-state index in [4.69, 9.17) is 4.79 Å². The first-order valence-electron chi connectivity index (χ1n) is 13.8. The fraction of sp³-hybridized carbons (Fsp3) is 0.353. The average Bonchev–Trinajstić information content (AvgIpc) is 3.63. The van der Waals surface area contributed by atoms with E-state index in [0.29, 0.717) is 18.7 Å². The van der Waals surface area contributed by atoms with Crippen LogP contribution >= 0.6 is 0 Å². The minimum Gasteiger partial charge on any atom is -0.471 e. The summed E-state index contributed by atoms with van der Waals surface area (Å²) in [6, 6.07) is 21.1. The Morgan fingerprint density at radius 2 is 1.40 bits per heavy atom. The van der Waals surface area contributed by atoms with Gasteiger partial charge in [-0.15, -0.1) is 0 Å². The highest BCUT2D eigenvalue weighted by Crippen LogP contribution is 2.43. The number of benzene rings is 3. The summed E-state index contributed by atoms with van der Waals surface area (Å²) in [5.74, 6) is 1.98. The summed E-state index contributed by atoms with van der Waals surface area (Å²) in [6.07, 6.45) is 12.2. The predicted octanol–water partition coefficient (Wildman–Crippen LogP) is 7.74. The maximum atomic E-state index is 13.9. The SMILES string of the molecule is C/C=C/c1cc(F)cc(N(C=O)Cc2ccc(-c3ccc(N(C)C)cc3)cc2)c1.C1CC2CCC1C2.COC=O. The molecule has 0 aromatic heterocycles. The molecule has 0 spiro atoms. The molecule has 0 N–H and O–H groups in total. The molecule has 2 saturated carbocycles. The van der Waals surface area contributed by atoms with E-state index in [0.717, 1.165) is 34.4 Å². The van der Waals surface area contributed by atoms with E-state index in [-0.39, 0.29) is 5.82 Å². The highest BCUT2D eigenvalue weighted by atomic mass is 19.1. The standard InChI is InChI=1S/C25H25FN2O.C7H12.C2H4O2/c1-4-5-20-14-23(26)16-25(15-20)28(18-29)17-19-6-8-21(9-7-19)22-10-12-24(13-11-22)27(2)3;1-2-7-4-3-6(1)5-7;1-4-2-3/h4-16,18H,17H2,1-3H3;6-7H,1-5H2;2H,1H3/b5-4+;;. The molecule has 1 amide bonds. The second-order valence-corrected chi connectivity index (χ2v) is 10.6. The minimum atomic E-state index is -0.362. The molecule has 3 aromatic rings. The molecule has 212 valence electrons. The molecule has 0 aliphatic heterocycles. The van der Waals surface area contributed by atoms with Crippen LogP contribution in [0.15, 0.2) is 72.8 Å². The minimum absolute atomic E-state index is 0.362. The van der Waals surface area contributed by atoms with Gasteiger partial charge in [0.15, 0.2) is 0 Å².